The Bertz CT molecular complexity index is 891. The van der Waals surface area contributed by atoms with Gasteiger partial charge in [0.2, 0.25) is 0 Å². The Labute approximate surface area is 135 Å². The molecule has 6 heteroatoms. The Balaban J connectivity index is 1.97. The summed E-state index contributed by atoms with van der Waals surface area (Å²) in [5, 5.41) is 13.4. The third kappa shape index (κ3) is 2.65. The molecule has 0 spiro atoms. The van der Waals surface area contributed by atoms with E-state index in [1.54, 1.807) is 24.3 Å². The van der Waals surface area contributed by atoms with Crippen molar-refractivity contribution in [2.24, 2.45) is 0 Å². The first-order valence-electron chi connectivity index (χ1n) is 6.44. The summed E-state index contributed by atoms with van der Waals surface area (Å²) in [4.78, 5) is 12.6. The lowest BCUT2D eigenvalue weighted by molar-refractivity contribution is 0.103. The van der Waals surface area contributed by atoms with E-state index in [1.807, 2.05) is 6.92 Å². The van der Waals surface area contributed by atoms with Crippen LogP contribution < -0.4 is 5.32 Å². The number of aryl methyl sites for hydroxylation is 1. The molecule has 0 saturated carbocycles. The van der Waals surface area contributed by atoms with Crippen molar-refractivity contribution < 1.29 is 14.3 Å². The van der Waals surface area contributed by atoms with Gasteiger partial charge in [-0.15, -0.1) is 11.3 Å². The van der Waals surface area contributed by atoms with Crippen molar-refractivity contribution in [1.82, 2.24) is 0 Å². The highest BCUT2D eigenvalue weighted by atomic mass is 35.5. The SMILES string of the molecule is Cc1ccc(NC(=O)c2sc3cc(F)ccc3c2Cl)c(O)c1. The Kier molecular flexibility index (Phi) is 3.76. The van der Waals surface area contributed by atoms with E-state index in [-0.39, 0.29) is 21.5 Å². The van der Waals surface area contributed by atoms with Gasteiger partial charge in [-0.3, -0.25) is 4.79 Å². The molecule has 22 heavy (non-hydrogen) atoms. The van der Waals surface area contributed by atoms with Crippen LogP contribution in [0.3, 0.4) is 0 Å². The maximum atomic E-state index is 13.2. The van der Waals surface area contributed by atoms with Crippen LogP contribution in [0, 0.1) is 12.7 Å². The highest BCUT2D eigenvalue weighted by Crippen LogP contribution is 2.36. The van der Waals surface area contributed by atoms with Crippen LogP contribution in [0.1, 0.15) is 15.2 Å². The molecule has 0 aliphatic rings. The molecule has 3 aromatic rings. The lowest BCUT2D eigenvalue weighted by Crippen LogP contribution is -2.10. The molecular weight excluding hydrogens is 325 g/mol. The largest absolute Gasteiger partial charge is 0.506 e. The number of carbonyl (C=O) groups is 1. The lowest BCUT2D eigenvalue weighted by Gasteiger charge is -2.07. The summed E-state index contributed by atoms with van der Waals surface area (Å²) in [5.74, 6) is -0.837. The van der Waals surface area contributed by atoms with Crippen LogP contribution in [0.5, 0.6) is 5.75 Å². The van der Waals surface area contributed by atoms with Crippen molar-refractivity contribution >= 4 is 44.6 Å². The first-order valence-corrected chi connectivity index (χ1v) is 7.63. The van der Waals surface area contributed by atoms with Crippen molar-refractivity contribution in [3.05, 3.63) is 57.7 Å². The molecule has 3 rings (SSSR count). The zero-order valence-corrected chi connectivity index (χ0v) is 13.1. The van der Waals surface area contributed by atoms with E-state index >= 15 is 0 Å². The third-order valence-corrected chi connectivity index (χ3v) is 4.86. The topological polar surface area (TPSA) is 49.3 Å². The Morgan fingerprint density at radius 3 is 2.77 bits per heavy atom. The molecule has 1 aromatic heterocycles. The van der Waals surface area contributed by atoms with Crippen molar-refractivity contribution in [2.45, 2.75) is 6.92 Å². The van der Waals surface area contributed by atoms with Gasteiger partial charge in [0.05, 0.1) is 10.7 Å². The van der Waals surface area contributed by atoms with Crippen molar-refractivity contribution in [3.8, 4) is 5.75 Å². The van der Waals surface area contributed by atoms with E-state index in [9.17, 15) is 14.3 Å². The molecule has 112 valence electrons. The first-order chi connectivity index (χ1) is 10.5. The van der Waals surface area contributed by atoms with Gasteiger partial charge in [0.1, 0.15) is 16.4 Å². The fourth-order valence-corrected chi connectivity index (χ4v) is 3.55. The van der Waals surface area contributed by atoms with Crippen LogP contribution >= 0.6 is 22.9 Å². The third-order valence-electron chi connectivity index (χ3n) is 3.20. The highest BCUT2D eigenvalue weighted by molar-refractivity contribution is 7.21. The number of nitrogens with one attached hydrogen (secondary N) is 1. The van der Waals surface area contributed by atoms with Crippen molar-refractivity contribution in [1.29, 1.82) is 0 Å². The predicted molar refractivity (Wildman–Crippen MR) is 87.6 cm³/mol. The zero-order chi connectivity index (χ0) is 15.9. The maximum Gasteiger partial charge on any atom is 0.267 e. The number of rotatable bonds is 2. The summed E-state index contributed by atoms with van der Waals surface area (Å²) >= 11 is 7.31. The summed E-state index contributed by atoms with van der Waals surface area (Å²) in [7, 11) is 0. The van der Waals surface area contributed by atoms with E-state index < -0.39 is 5.91 Å². The minimum absolute atomic E-state index is 0.0170. The Morgan fingerprint density at radius 2 is 2.05 bits per heavy atom. The fourth-order valence-electron chi connectivity index (χ4n) is 2.11. The van der Waals surface area contributed by atoms with Gasteiger partial charge in [0.25, 0.3) is 5.91 Å². The summed E-state index contributed by atoms with van der Waals surface area (Å²) in [5.41, 5.74) is 1.18. The number of benzene rings is 2. The van der Waals surface area contributed by atoms with E-state index in [0.29, 0.717) is 15.8 Å². The van der Waals surface area contributed by atoms with Gasteiger partial charge in [-0.2, -0.15) is 0 Å². The van der Waals surface area contributed by atoms with E-state index in [1.165, 1.54) is 12.1 Å². The zero-order valence-electron chi connectivity index (χ0n) is 11.5. The lowest BCUT2D eigenvalue weighted by atomic mass is 10.2. The minimum atomic E-state index is -0.439. The summed E-state index contributed by atoms with van der Waals surface area (Å²) in [6.07, 6.45) is 0. The first kappa shape index (κ1) is 14.8. The molecule has 0 bridgehead atoms. The fraction of sp³-hybridized carbons (Fsp3) is 0.0625. The Hall–Kier alpha value is -2.11. The van der Waals surface area contributed by atoms with Gasteiger partial charge in [-0.1, -0.05) is 17.7 Å². The highest BCUT2D eigenvalue weighted by Gasteiger charge is 2.18. The van der Waals surface area contributed by atoms with Crippen molar-refractivity contribution in [3.63, 3.8) is 0 Å². The molecule has 0 atom stereocenters. The Morgan fingerprint density at radius 1 is 1.27 bits per heavy atom. The quantitative estimate of drug-likeness (QED) is 0.650. The normalized spacial score (nSPS) is 10.9. The number of hydrogen-bond donors (Lipinski definition) is 2. The smallest absolute Gasteiger partial charge is 0.267 e. The summed E-state index contributed by atoms with van der Waals surface area (Å²) in [6.45, 7) is 1.84. The number of anilines is 1. The van der Waals surface area contributed by atoms with Crippen LogP contribution in [0.15, 0.2) is 36.4 Å². The average molecular weight is 336 g/mol. The standard InChI is InChI=1S/C16H11ClFNO2S/c1-8-2-5-11(12(20)6-8)19-16(21)15-14(17)10-4-3-9(18)7-13(10)22-15/h2-7,20H,1H3,(H,19,21). The predicted octanol–water partition coefficient (Wildman–Crippen LogP) is 4.96. The van der Waals surface area contributed by atoms with Gasteiger partial charge >= 0.3 is 0 Å². The number of thiophene rings is 1. The van der Waals surface area contributed by atoms with Crippen molar-refractivity contribution in [2.75, 3.05) is 5.32 Å². The van der Waals surface area contributed by atoms with Crippen LogP contribution in [0.2, 0.25) is 5.02 Å². The molecular formula is C16H11ClFNO2S. The number of phenolic OH excluding ortho intramolecular Hbond substituents is 1. The average Bonchev–Trinajstić information content (AvgIpc) is 2.78. The number of aromatic hydroxyl groups is 1. The molecule has 1 amide bonds. The monoisotopic (exact) mass is 335 g/mol. The molecule has 0 fully saturated rings. The number of halogens is 2. The number of carbonyl (C=O) groups excluding carboxylic acids is 1. The second kappa shape index (κ2) is 5.59. The number of phenols is 1. The molecule has 0 radical (unpaired) electrons. The van der Waals surface area contributed by atoms with Crippen LogP contribution in [0.25, 0.3) is 10.1 Å². The van der Waals surface area contributed by atoms with Crippen LogP contribution in [-0.4, -0.2) is 11.0 Å². The van der Waals surface area contributed by atoms with E-state index in [2.05, 4.69) is 5.32 Å². The molecule has 0 aliphatic heterocycles. The molecule has 0 aliphatic carbocycles. The maximum absolute atomic E-state index is 13.2. The summed E-state index contributed by atoms with van der Waals surface area (Å²) < 4.78 is 13.8. The van der Waals surface area contributed by atoms with Gasteiger partial charge in [0.15, 0.2) is 0 Å². The second-order valence-electron chi connectivity index (χ2n) is 4.86. The number of hydrogen-bond acceptors (Lipinski definition) is 3. The molecule has 1 heterocycles. The molecule has 2 N–H and O–H groups in total. The van der Waals surface area contributed by atoms with Crippen LogP contribution in [0.4, 0.5) is 10.1 Å². The minimum Gasteiger partial charge on any atom is -0.506 e. The van der Waals surface area contributed by atoms with Gasteiger partial charge in [-0.25, -0.2) is 4.39 Å². The molecule has 3 nitrogen and oxygen atoms in total. The number of amides is 1. The van der Waals surface area contributed by atoms with E-state index in [0.717, 1.165) is 16.9 Å². The van der Waals surface area contributed by atoms with Gasteiger partial charge in [0, 0.05) is 10.1 Å². The molecule has 0 saturated heterocycles. The second-order valence-corrected chi connectivity index (χ2v) is 6.29. The molecule has 0 unspecified atom stereocenters. The summed E-state index contributed by atoms with van der Waals surface area (Å²) in [6, 6.07) is 9.13. The van der Waals surface area contributed by atoms with Gasteiger partial charge < -0.3 is 10.4 Å². The van der Waals surface area contributed by atoms with Crippen LogP contribution in [-0.2, 0) is 0 Å². The molecule has 2 aromatic carbocycles. The number of fused-ring (bicyclic) bond motifs is 1. The van der Waals surface area contributed by atoms with Gasteiger partial charge in [-0.05, 0) is 42.8 Å². The van der Waals surface area contributed by atoms with E-state index in [4.69, 9.17) is 11.6 Å².